The van der Waals surface area contributed by atoms with Crippen LogP contribution in [0.5, 0.6) is 11.5 Å². The summed E-state index contributed by atoms with van der Waals surface area (Å²) in [6.45, 7) is 1.77. The van der Waals surface area contributed by atoms with Crippen LogP contribution >= 0.6 is 0 Å². The van der Waals surface area contributed by atoms with Crippen LogP contribution in [0.15, 0.2) is 46.9 Å². The molecule has 2 heterocycles. The first-order chi connectivity index (χ1) is 16.9. The van der Waals surface area contributed by atoms with Crippen LogP contribution in [0.4, 0.5) is 0 Å². The van der Waals surface area contributed by atoms with Gasteiger partial charge in [-0.15, -0.1) is 0 Å². The monoisotopic (exact) mass is 479 g/mol. The molecule has 1 fully saturated rings. The molecule has 10 heteroatoms. The molecule has 1 saturated heterocycles. The van der Waals surface area contributed by atoms with Gasteiger partial charge in [0, 0.05) is 18.6 Å². The Morgan fingerprint density at radius 3 is 2.43 bits per heavy atom. The van der Waals surface area contributed by atoms with Crippen molar-refractivity contribution in [3.8, 4) is 22.8 Å². The van der Waals surface area contributed by atoms with E-state index in [4.69, 9.17) is 27.9 Å². The van der Waals surface area contributed by atoms with Crippen LogP contribution < -0.4 is 14.9 Å². The molecule has 182 valence electrons. The number of allylic oxidation sites excluding steroid dienone is 1. The number of carbonyl (C=O) groups excluding carboxylic acids is 2. The molecule has 1 aliphatic rings. The fourth-order valence-corrected chi connectivity index (χ4v) is 3.82. The Bertz CT molecular complexity index is 1250. The maximum absolute atomic E-state index is 12.4. The topological polar surface area (TPSA) is 96.7 Å². The largest absolute Gasteiger partial charge is 0.640 e. The number of likely N-dealkylation sites (N-methyl/N-ethyl adjacent to an activating group) is 1. The van der Waals surface area contributed by atoms with Crippen LogP contribution in [0.25, 0.3) is 28.4 Å². The Balaban J connectivity index is 1.82. The predicted molar refractivity (Wildman–Crippen MR) is 130 cm³/mol. The van der Waals surface area contributed by atoms with Gasteiger partial charge in [0.15, 0.2) is 6.79 Å². The SMILES string of the molecule is C/C=C/c1ccc2oc(-c3cc(B4OC(=O)CN(C)CC(=O)O4)c(OCOC)cc3OC)cc2c1. The van der Waals surface area contributed by atoms with E-state index in [1.807, 2.05) is 43.3 Å². The zero-order valence-electron chi connectivity index (χ0n) is 20.0. The zero-order chi connectivity index (χ0) is 24.9. The summed E-state index contributed by atoms with van der Waals surface area (Å²) in [6, 6.07) is 11.1. The van der Waals surface area contributed by atoms with E-state index in [9.17, 15) is 9.59 Å². The van der Waals surface area contributed by atoms with Gasteiger partial charge in [0.25, 0.3) is 0 Å². The summed E-state index contributed by atoms with van der Waals surface area (Å²) in [5.74, 6) is 0.173. The van der Waals surface area contributed by atoms with Gasteiger partial charge in [-0.1, -0.05) is 18.2 Å². The number of methoxy groups -OCH3 is 2. The standard InChI is InChI=1S/C25H26BNO8/c1-5-6-16-7-8-20-17(9-16)10-22(33-20)18-11-19(23(32-15-30-3)12-21(18)31-4)26-34-24(28)13-27(2)14-25(29)35-26/h5-12H,13-15H2,1-4H3/b6-5+. The van der Waals surface area contributed by atoms with Crippen molar-refractivity contribution in [1.82, 2.24) is 4.90 Å². The van der Waals surface area contributed by atoms with Crippen molar-refractivity contribution in [2.24, 2.45) is 0 Å². The fraction of sp³-hybridized carbons (Fsp3) is 0.280. The molecule has 1 aliphatic heterocycles. The average molecular weight is 479 g/mol. The minimum absolute atomic E-state index is 0.0546. The summed E-state index contributed by atoms with van der Waals surface area (Å²) in [6.07, 6.45) is 3.97. The highest BCUT2D eigenvalue weighted by atomic mass is 16.7. The minimum atomic E-state index is -1.31. The molecular formula is C25H26BNO8. The summed E-state index contributed by atoms with van der Waals surface area (Å²) >= 11 is 0. The van der Waals surface area contributed by atoms with E-state index in [0.717, 1.165) is 10.9 Å². The first-order valence-corrected chi connectivity index (χ1v) is 11.0. The average Bonchev–Trinajstić information content (AvgIpc) is 3.24. The normalized spacial score (nSPS) is 15.1. The number of carbonyl (C=O) groups is 2. The molecule has 0 bridgehead atoms. The molecule has 0 aliphatic carbocycles. The number of benzene rings is 2. The molecule has 3 aromatic rings. The second-order valence-corrected chi connectivity index (χ2v) is 8.03. The Labute approximate surface area is 203 Å². The van der Waals surface area contributed by atoms with Gasteiger partial charge in [-0.05, 0) is 43.8 Å². The predicted octanol–water partition coefficient (Wildman–Crippen LogP) is 2.85. The lowest BCUT2D eigenvalue weighted by Crippen LogP contribution is -2.48. The number of furan rings is 1. The molecule has 35 heavy (non-hydrogen) atoms. The third-order valence-corrected chi connectivity index (χ3v) is 5.36. The lowest BCUT2D eigenvalue weighted by molar-refractivity contribution is -0.145. The highest BCUT2D eigenvalue weighted by Gasteiger charge is 2.37. The van der Waals surface area contributed by atoms with Crippen molar-refractivity contribution in [3.63, 3.8) is 0 Å². The van der Waals surface area contributed by atoms with Crippen LogP contribution in [0.1, 0.15) is 12.5 Å². The molecule has 0 atom stereocenters. The van der Waals surface area contributed by atoms with Gasteiger partial charge in [-0.25, -0.2) is 0 Å². The van der Waals surface area contributed by atoms with Gasteiger partial charge in [0.1, 0.15) is 22.8 Å². The van der Waals surface area contributed by atoms with Crippen LogP contribution in [-0.2, 0) is 23.6 Å². The van der Waals surface area contributed by atoms with Crippen LogP contribution in [0, 0.1) is 0 Å². The van der Waals surface area contributed by atoms with Crippen molar-refractivity contribution in [1.29, 1.82) is 0 Å². The Hall–Kier alpha value is -3.76. The molecule has 0 radical (unpaired) electrons. The van der Waals surface area contributed by atoms with E-state index < -0.39 is 19.1 Å². The number of ether oxygens (including phenoxy) is 3. The number of nitrogens with zero attached hydrogens (tertiary/aromatic N) is 1. The third kappa shape index (κ3) is 5.50. The van der Waals surface area contributed by atoms with E-state index in [1.54, 1.807) is 19.2 Å². The van der Waals surface area contributed by atoms with Gasteiger partial charge >= 0.3 is 19.1 Å². The Morgan fingerprint density at radius 2 is 1.77 bits per heavy atom. The summed E-state index contributed by atoms with van der Waals surface area (Å²) in [4.78, 5) is 26.3. The molecule has 1 aromatic heterocycles. The van der Waals surface area contributed by atoms with Crippen molar-refractivity contribution in [3.05, 3.63) is 48.0 Å². The highest BCUT2D eigenvalue weighted by molar-refractivity contribution is 6.65. The van der Waals surface area contributed by atoms with Crippen LogP contribution in [-0.4, -0.2) is 65.1 Å². The summed E-state index contributed by atoms with van der Waals surface area (Å²) in [5, 5.41) is 0.908. The summed E-state index contributed by atoms with van der Waals surface area (Å²) in [5.41, 5.74) is 2.63. The molecular weight excluding hydrogens is 453 g/mol. The quantitative estimate of drug-likeness (QED) is 0.374. The molecule has 0 N–H and O–H groups in total. The van der Waals surface area contributed by atoms with Crippen LogP contribution in [0.2, 0.25) is 0 Å². The Morgan fingerprint density at radius 1 is 1.03 bits per heavy atom. The molecule has 0 unspecified atom stereocenters. The zero-order valence-corrected chi connectivity index (χ0v) is 20.0. The Kier molecular flexibility index (Phi) is 7.43. The fourth-order valence-electron chi connectivity index (χ4n) is 3.82. The first kappa shape index (κ1) is 24.4. The summed E-state index contributed by atoms with van der Waals surface area (Å²) < 4.78 is 33.4. The summed E-state index contributed by atoms with van der Waals surface area (Å²) in [7, 11) is 3.32. The number of fused-ring (bicyclic) bond motifs is 1. The molecule has 9 nitrogen and oxygen atoms in total. The molecule has 0 spiro atoms. The lowest BCUT2D eigenvalue weighted by atomic mass is 9.76. The van der Waals surface area contributed by atoms with Crippen molar-refractivity contribution in [2.75, 3.05) is 41.1 Å². The van der Waals surface area contributed by atoms with E-state index in [-0.39, 0.29) is 25.6 Å². The van der Waals surface area contributed by atoms with Gasteiger partial charge in [0.2, 0.25) is 0 Å². The van der Waals surface area contributed by atoms with E-state index in [0.29, 0.717) is 28.1 Å². The van der Waals surface area contributed by atoms with E-state index >= 15 is 0 Å². The number of rotatable bonds is 7. The second kappa shape index (κ2) is 10.7. The lowest BCUT2D eigenvalue weighted by Gasteiger charge is -2.24. The molecule has 0 amide bonds. The van der Waals surface area contributed by atoms with Gasteiger partial charge in [-0.2, -0.15) is 0 Å². The molecule has 0 saturated carbocycles. The van der Waals surface area contributed by atoms with Crippen molar-refractivity contribution >= 4 is 41.6 Å². The van der Waals surface area contributed by atoms with E-state index in [1.165, 1.54) is 19.1 Å². The van der Waals surface area contributed by atoms with Crippen molar-refractivity contribution in [2.45, 2.75) is 6.92 Å². The second-order valence-electron chi connectivity index (χ2n) is 8.03. The smallest absolute Gasteiger partial charge is 0.496 e. The number of hydrogen-bond donors (Lipinski definition) is 0. The van der Waals surface area contributed by atoms with Crippen molar-refractivity contribution < 1.29 is 37.5 Å². The van der Waals surface area contributed by atoms with Gasteiger partial charge < -0.3 is 27.9 Å². The van der Waals surface area contributed by atoms with Crippen LogP contribution in [0.3, 0.4) is 0 Å². The maximum Gasteiger partial charge on any atom is 0.640 e. The van der Waals surface area contributed by atoms with Gasteiger partial charge in [-0.3, -0.25) is 14.5 Å². The number of hydrogen-bond acceptors (Lipinski definition) is 9. The molecule has 4 rings (SSSR count). The first-order valence-electron chi connectivity index (χ1n) is 11.0. The van der Waals surface area contributed by atoms with Gasteiger partial charge in [0.05, 0.1) is 31.2 Å². The van der Waals surface area contributed by atoms with E-state index in [2.05, 4.69) is 0 Å². The third-order valence-electron chi connectivity index (χ3n) is 5.36. The molecule has 2 aromatic carbocycles. The minimum Gasteiger partial charge on any atom is -0.496 e. The maximum atomic E-state index is 12.4. The highest BCUT2D eigenvalue weighted by Crippen LogP contribution is 2.36.